The summed E-state index contributed by atoms with van der Waals surface area (Å²) < 4.78 is 0.564. The van der Waals surface area contributed by atoms with Crippen molar-refractivity contribution >= 4 is 52.7 Å². The van der Waals surface area contributed by atoms with Gasteiger partial charge in [-0.05, 0) is 11.7 Å². The van der Waals surface area contributed by atoms with Crippen LogP contribution in [0.15, 0.2) is 4.34 Å². The van der Waals surface area contributed by atoms with Crippen LogP contribution >= 0.6 is 35.7 Å². The molecule has 0 spiro atoms. The number of carbonyl (C=O) groups excluding carboxylic acids is 1. The lowest BCUT2D eigenvalue weighted by atomic mass is 10.1. The van der Waals surface area contributed by atoms with Crippen LogP contribution < -0.4 is 4.90 Å². The van der Waals surface area contributed by atoms with Gasteiger partial charge in [0.15, 0.2) is 4.34 Å². The smallest absolute Gasteiger partial charge is 0.313 e. The molecule has 1 N–H and O–H groups in total. The molecule has 1 unspecified atom stereocenters. The fourth-order valence-corrected chi connectivity index (χ4v) is 3.41. The molecule has 1 fully saturated rings. The van der Waals surface area contributed by atoms with Gasteiger partial charge in [0.05, 0.1) is 5.75 Å². The summed E-state index contributed by atoms with van der Waals surface area (Å²) in [6.07, 6.45) is 0.487. The van der Waals surface area contributed by atoms with Gasteiger partial charge < -0.3 is 5.11 Å². The van der Waals surface area contributed by atoms with Gasteiger partial charge in [-0.1, -0.05) is 23.1 Å². The Kier molecular flexibility index (Phi) is 4.46. The summed E-state index contributed by atoms with van der Waals surface area (Å²) in [5, 5.41) is 16.9. The number of carbonyl (C=O) groups is 2. The van der Waals surface area contributed by atoms with Gasteiger partial charge in [-0.25, -0.2) is 0 Å². The molecule has 6 nitrogen and oxygen atoms in total. The van der Waals surface area contributed by atoms with E-state index >= 15 is 0 Å². The van der Waals surface area contributed by atoms with Crippen molar-refractivity contribution in [3.63, 3.8) is 0 Å². The van der Waals surface area contributed by atoms with E-state index in [1.54, 1.807) is 4.90 Å². The predicted molar refractivity (Wildman–Crippen MR) is 72.6 cm³/mol. The molecule has 0 saturated carbocycles. The minimum absolute atomic E-state index is 0.0278. The number of thiol groups is 1. The standard InChI is InChI=1S/C9H11N3O3S3/c13-6-1-5(3-16)2-12(6)8-10-11-9(18-8)17-4-7(14)15/h5,16H,1-4H2,(H,14,15). The first-order valence-corrected chi connectivity index (χ1v) is 7.63. The third-order valence-corrected chi connectivity index (χ3v) is 4.99. The number of nitrogens with zero attached hydrogens (tertiary/aromatic N) is 3. The Morgan fingerprint density at radius 3 is 3.00 bits per heavy atom. The molecule has 9 heteroatoms. The average Bonchev–Trinajstić information content (AvgIpc) is 2.92. The van der Waals surface area contributed by atoms with Gasteiger partial charge in [-0.2, -0.15) is 12.6 Å². The van der Waals surface area contributed by atoms with Crippen LogP contribution in [0.2, 0.25) is 0 Å². The highest BCUT2D eigenvalue weighted by molar-refractivity contribution is 8.01. The Morgan fingerprint density at radius 2 is 2.39 bits per heavy atom. The van der Waals surface area contributed by atoms with E-state index in [4.69, 9.17) is 5.11 Å². The van der Waals surface area contributed by atoms with Crippen molar-refractivity contribution in [3.8, 4) is 0 Å². The van der Waals surface area contributed by atoms with Gasteiger partial charge >= 0.3 is 5.97 Å². The summed E-state index contributed by atoms with van der Waals surface area (Å²) in [5.74, 6) is -0.00672. The molecule has 1 saturated heterocycles. The minimum Gasteiger partial charge on any atom is -0.481 e. The number of rotatable bonds is 5. The minimum atomic E-state index is -0.899. The molecule has 0 bridgehead atoms. The first-order chi connectivity index (χ1) is 8.60. The lowest BCUT2D eigenvalue weighted by Gasteiger charge is -2.10. The number of thioether (sulfide) groups is 1. The topological polar surface area (TPSA) is 83.4 Å². The number of aliphatic carboxylic acids is 1. The van der Waals surface area contributed by atoms with E-state index in [0.717, 1.165) is 11.8 Å². The second kappa shape index (κ2) is 5.89. The number of carboxylic acids is 1. The number of hydrogen-bond acceptors (Lipinski definition) is 7. The molecule has 1 aliphatic rings. The highest BCUT2D eigenvalue weighted by atomic mass is 32.2. The van der Waals surface area contributed by atoms with Crippen molar-refractivity contribution in [2.75, 3.05) is 23.0 Å². The van der Waals surface area contributed by atoms with Crippen molar-refractivity contribution < 1.29 is 14.7 Å². The molecule has 0 aromatic carbocycles. The first kappa shape index (κ1) is 13.6. The Labute approximate surface area is 117 Å². The molecule has 1 aromatic rings. The van der Waals surface area contributed by atoms with E-state index in [9.17, 15) is 9.59 Å². The van der Waals surface area contributed by atoms with Crippen LogP contribution in [0.4, 0.5) is 5.13 Å². The Balaban J connectivity index is 2.01. The average molecular weight is 305 g/mol. The Morgan fingerprint density at radius 1 is 1.61 bits per heavy atom. The van der Waals surface area contributed by atoms with Crippen molar-refractivity contribution in [1.82, 2.24) is 10.2 Å². The number of amides is 1. The quantitative estimate of drug-likeness (QED) is 0.480. The van der Waals surface area contributed by atoms with Crippen molar-refractivity contribution in [1.29, 1.82) is 0 Å². The van der Waals surface area contributed by atoms with Crippen molar-refractivity contribution in [2.24, 2.45) is 5.92 Å². The first-order valence-electron chi connectivity index (χ1n) is 5.19. The van der Waals surface area contributed by atoms with Crippen LogP contribution in [0.25, 0.3) is 0 Å². The van der Waals surface area contributed by atoms with E-state index in [1.165, 1.54) is 11.3 Å². The maximum absolute atomic E-state index is 11.7. The molecule has 1 aromatic heterocycles. The Hall–Kier alpha value is -0.800. The largest absolute Gasteiger partial charge is 0.481 e. The maximum atomic E-state index is 11.7. The summed E-state index contributed by atoms with van der Waals surface area (Å²) in [7, 11) is 0. The zero-order valence-corrected chi connectivity index (χ0v) is 11.8. The van der Waals surface area contributed by atoms with Crippen LogP contribution in [0, 0.1) is 5.92 Å². The molecule has 1 atom stereocenters. The van der Waals surface area contributed by atoms with Crippen LogP contribution in [0.1, 0.15) is 6.42 Å². The van der Waals surface area contributed by atoms with Crippen LogP contribution in [0.3, 0.4) is 0 Å². The van der Waals surface area contributed by atoms with E-state index in [1.807, 2.05) is 0 Å². The van der Waals surface area contributed by atoms with Gasteiger partial charge in [-0.3, -0.25) is 14.5 Å². The summed E-state index contributed by atoms with van der Waals surface area (Å²) in [6.45, 7) is 0.612. The second-order valence-electron chi connectivity index (χ2n) is 3.79. The van der Waals surface area contributed by atoms with Gasteiger partial charge in [0.25, 0.3) is 0 Å². The maximum Gasteiger partial charge on any atom is 0.313 e. The lowest BCUT2D eigenvalue weighted by molar-refractivity contribution is -0.133. The fraction of sp³-hybridized carbons (Fsp3) is 0.556. The molecular formula is C9H11N3O3S3. The molecule has 98 valence electrons. The molecular weight excluding hydrogens is 294 g/mol. The molecule has 1 amide bonds. The molecule has 1 aliphatic heterocycles. The van der Waals surface area contributed by atoms with E-state index in [2.05, 4.69) is 22.8 Å². The van der Waals surface area contributed by atoms with Crippen LogP contribution in [-0.2, 0) is 9.59 Å². The summed E-state index contributed by atoms with van der Waals surface area (Å²) >= 11 is 6.54. The second-order valence-corrected chi connectivity index (χ2v) is 6.33. The zero-order valence-electron chi connectivity index (χ0n) is 9.27. The molecule has 2 heterocycles. The number of aromatic nitrogens is 2. The van der Waals surface area contributed by atoms with E-state index < -0.39 is 5.97 Å². The molecule has 18 heavy (non-hydrogen) atoms. The van der Waals surface area contributed by atoms with E-state index in [0.29, 0.717) is 28.2 Å². The highest BCUT2D eigenvalue weighted by Gasteiger charge is 2.31. The van der Waals surface area contributed by atoms with E-state index in [-0.39, 0.29) is 17.6 Å². The summed E-state index contributed by atoms with van der Waals surface area (Å²) in [4.78, 5) is 23.8. The SMILES string of the molecule is O=C(O)CSc1nnc(N2CC(CS)CC2=O)s1. The third-order valence-electron chi connectivity index (χ3n) is 2.41. The van der Waals surface area contributed by atoms with Gasteiger partial charge in [0.2, 0.25) is 11.0 Å². The third kappa shape index (κ3) is 3.15. The van der Waals surface area contributed by atoms with Crippen LogP contribution in [0.5, 0.6) is 0 Å². The van der Waals surface area contributed by atoms with Gasteiger partial charge in [0.1, 0.15) is 0 Å². The number of hydrogen-bond donors (Lipinski definition) is 2. The zero-order chi connectivity index (χ0) is 13.1. The summed E-state index contributed by atoms with van der Waals surface area (Å²) in [6, 6.07) is 0. The highest BCUT2D eigenvalue weighted by Crippen LogP contribution is 2.31. The molecule has 0 radical (unpaired) electrons. The van der Waals surface area contributed by atoms with Crippen molar-refractivity contribution in [2.45, 2.75) is 10.8 Å². The monoisotopic (exact) mass is 305 g/mol. The Bertz CT molecular complexity index is 465. The molecule has 0 aliphatic carbocycles. The number of carboxylic acid groups (broad SMARTS) is 1. The normalized spacial score (nSPS) is 19.5. The fourth-order valence-electron chi connectivity index (χ4n) is 1.58. The van der Waals surface area contributed by atoms with Crippen molar-refractivity contribution in [3.05, 3.63) is 0 Å². The molecule has 2 rings (SSSR count). The lowest BCUT2D eigenvalue weighted by Crippen LogP contribution is -2.24. The number of anilines is 1. The van der Waals surface area contributed by atoms with Crippen LogP contribution in [-0.4, -0.2) is 45.2 Å². The summed E-state index contributed by atoms with van der Waals surface area (Å²) in [5.41, 5.74) is 0. The van der Waals surface area contributed by atoms with Gasteiger partial charge in [-0.15, -0.1) is 10.2 Å². The predicted octanol–water partition coefficient (Wildman–Crippen LogP) is 0.997. The van der Waals surface area contributed by atoms with Gasteiger partial charge in [0, 0.05) is 13.0 Å².